The molecule has 0 aromatic heterocycles. The van der Waals surface area contributed by atoms with E-state index in [0.717, 1.165) is 19.4 Å². The van der Waals surface area contributed by atoms with Crippen LogP contribution in [-0.4, -0.2) is 24.0 Å². The van der Waals surface area contributed by atoms with Crippen molar-refractivity contribution < 1.29 is 0 Å². The predicted octanol–water partition coefficient (Wildman–Crippen LogP) is 2.80. The summed E-state index contributed by atoms with van der Waals surface area (Å²) < 4.78 is 0. The second kappa shape index (κ2) is 5.99. The maximum Gasteiger partial charge on any atom is 0.0621 e. The number of unbranched alkanes of at least 4 members (excludes halogenated alkanes) is 2. The molecule has 0 unspecified atom stereocenters. The van der Waals surface area contributed by atoms with E-state index in [1.54, 1.807) is 0 Å². The third-order valence-electron chi connectivity index (χ3n) is 2.93. The van der Waals surface area contributed by atoms with Crippen LogP contribution in [0.1, 0.15) is 46.5 Å². The average Bonchev–Trinajstić information content (AvgIpc) is 2.12. The topological polar surface area (TPSA) is 27.0 Å². The summed E-state index contributed by atoms with van der Waals surface area (Å²) in [6.45, 7) is 7.84. The predicted molar refractivity (Wildman–Crippen MR) is 56.5 cm³/mol. The summed E-state index contributed by atoms with van der Waals surface area (Å²) >= 11 is 0. The van der Waals surface area contributed by atoms with E-state index in [4.69, 9.17) is 5.26 Å². The number of nitrogens with zero attached hydrogens (tertiary/aromatic N) is 2. The van der Waals surface area contributed by atoms with Crippen LogP contribution in [0.4, 0.5) is 0 Å². The Morgan fingerprint density at radius 3 is 2.38 bits per heavy atom. The average molecular weight is 182 g/mol. The summed E-state index contributed by atoms with van der Waals surface area (Å²) in [6.07, 6.45) is 4.02. The molecule has 0 N–H and O–H groups in total. The Hall–Kier alpha value is -0.550. The summed E-state index contributed by atoms with van der Waals surface area (Å²) in [7, 11) is 2.16. The Balaban J connectivity index is 3.63. The third-order valence-corrected chi connectivity index (χ3v) is 2.93. The molecule has 0 aromatic carbocycles. The summed E-state index contributed by atoms with van der Waals surface area (Å²) in [5.74, 6) is 0. The van der Waals surface area contributed by atoms with Crippen LogP contribution in [-0.2, 0) is 0 Å². The minimum atomic E-state index is 0.298. The fourth-order valence-electron chi connectivity index (χ4n) is 1.13. The van der Waals surface area contributed by atoms with Gasteiger partial charge in [0.15, 0.2) is 0 Å². The molecule has 0 rings (SSSR count). The van der Waals surface area contributed by atoms with E-state index < -0.39 is 0 Å². The van der Waals surface area contributed by atoms with Crippen LogP contribution in [0.3, 0.4) is 0 Å². The van der Waals surface area contributed by atoms with Gasteiger partial charge in [0.25, 0.3) is 0 Å². The maximum atomic E-state index is 8.37. The maximum absolute atomic E-state index is 8.37. The van der Waals surface area contributed by atoms with Gasteiger partial charge in [0.2, 0.25) is 0 Å². The highest BCUT2D eigenvalue weighted by Crippen LogP contribution is 2.16. The Labute approximate surface area is 82.5 Å². The third kappa shape index (κ3) is 4.90. The van der Waals surface area contributed by atoms with Gasteiger partial charge in [-0.1, -0.05) is 6.92 Å². The Bertz CT molecular complexity index is 167. The summed E-state index contributed by atoms with van der Waals surface area (Å²) in [6, 6.07) is 2.18. The van der Waals surface area contributed by atoms with E-state index in [2.05, 4.69) is 38.8 Å². The van der Waals surface area contributed by atoms with E-state index in [0.29, 0.717) is 12.0 Å². The monoisotopic (exact) mass is 182 g/mol. The fourth-order valence-corrected chi connectivity index (χ4v) is 1.13. The largest absolute Gasteiger partial charge is 0.301 e. The molecular formula is C11H22N2. The fraction of sp³-hybridized carbons (Fsp3) is 0.909. The molecule has 0 atom stereocenters. The smallest absolute Gasteiger partial charge is 0.0621 e. The number of hydrogen-bond acceptors (Lipinski definition) is 2. The normalized spacial score (nSPS) is 11.7. The second-order valence-corrected chi connectivity index (χ2v) is 4.20. The van der Waals surface area contributed by atoms with Gasteiger partial charge in [-0.05, 0) is 46.7 Å². The van der Waals surface area contributed by atoms with Crippen LogP contribution in [0.25, 0.3) is 0 Å². The summed E-state index contributed by atoms with van der Waals surface area (Å²) in [5, 5.41) is 8.37. The quantitative estimate of drug-likeness (QED) is 0.591. The highest BCUT2D eigenvalue weighted by atomic mass is 15.2. The molecule has 0 heterocycles. The van der Waals surface area contributed by atoms with Gasteiger partial charge < -0.3 is 4.90 Å². The number of hydrogen-bond donors (Lipinski definition) is 0. The van der Waals surface area contributed by atoms with Crippen LogP contribution in [0.2, 0.25) is 0 Å². The van der Waals surface area contributed by atoms with Gasteiger partial charge in [0.1, 0.15) is 0 Å². The summed E-state index contributed by atoms with van der Waals surface area (Å²) in [5.41, 5.74) is 0.298. The molecule has 0 amide bonds. The first kappa shape index (κ1) is 12.4. The molecule has 0 aliphatic heterocycles. The van der Waals surface area contributed by atoms with Crippen LogP contribution < -0.4 is 0 Å². The van der Waals surface area contributed by atoms with Crippen LogP contribution in [0, 0.1) is 11.3 Å². The Morgan fingerprint density at radius 1 is 1.31 bits per heavy atom. The molecule has 0 spiro atoms. The molecule has 0 bridgehead atoms. The lowest BCUT2D eigenvalue weighted by Crippen LogP contribution is -2.40. The lowest BCUT2D eigenvalue weighted by Gasteiger charge is -2.34. The van der Waals surface area contributed by atoms with Crippen molar-refractivity contribution >= 4 is 0 Å². The molecule has 0 saturated carbocycles. The molecular weight excluding hydrogens is 160 g/mol. The molecule has 76 valence electrons. The van der Waals surface area contributed by atoms with Crippen molar-refractivity contribution in [2.24, 2.45) is 0 Å². The number of nitriles is 1. The molecule has 0 saturated heterocycles. The van der Waals surface area contributed by atoms with Gasteiger partial charge in [-0.25, -0.2) is 0 Å². The highest BCUT2D eigenvalue weighted by molar-refractivity contribution is 4.77. The van der Waals surface area contributed by atoms with E-state index in [1.807, 2.05) is 0 Å². The Morgan fingerprint density at radius 2 is 1.92 bits per heavy atom. The van der Waals surface area contributed by atoms with Gasteiger partial charge in [-0.15, -0.1) is 0 Å². The molecule has 0 aliphatic carbocycles. The molecule has 0 aromatic rings. The van der Waals surface area contributed by atoms with Crippen molar-refractivity contribution in [3.05, 3.63) is 0 Å². The van der Waals surface area contributed by atoms with Crippen molar-refractivity contribution in [2.75, 3.05) is 13.6 Å². The van der Waals surface area contributed by atoms with Crippen molar-refractivity contribution in [2.45, 2.75) is 52.0 Å². The van der Waals surface area contributed by atoms with Crippen molar-refractivity contribution in [1.29, 1.82) is 5.26 Å². The van der Waals surface area contributed by atoms with E-state index in [9.17, 15) is 0 Å². The minimum Gasteiger partial charge on any atom is -0.301 e. The van der Waals surface area contributed by atoms with Crippen LogP contribution in [0.5, 0.6) is 0 Å². The van der Waals surface area contributed by atoms with Gasteiger partial charge in [0, 0.05) is 12.0 Å². The summed E-state index contributed by atoms with van der Waals surface area (Å²) in [4.78, 5) is 2.38. The van der Waals surface area contributed by atoms with E-state index in [1.165, 1.54) is 6.42 Å². The lowest BCUT2D eigenvalue weighted by molar-refractivity contribution is 0.149. The van der Waals surface area contributed by atoms with Crippen molar-refractivity contribution in [1.82, 2.24) is 4.90 Å². The van der Waals surface area contributed by atoms with Crippen LogP contribution in [0.15, 0.2) is 0 Å². The minimum absolute atomic E-state index is 0.298. The first-order chi connectivity index (χ1) is 6.04. The second-order valence-electron chi connectivity index (χ2n) is 4.20. The van der Waals surface area contributed by atoms with Crippen LogP contribution >= 0.6 is 0 Å². The van der Waals surface area contributed by atoms with Gasteiger partial charge >= 0.3 is 0 Å². The SMILES string of the molecule is CCC(C)(C)N(C)CCCCC#N. The van der Waals surface area contributed by atoms with Crippen molar-refractivity contribution in [3.8, 4) is 6.07 Å². The molecule has 0 fully saturated rings. The first-order valence-electron chi connectivity index (χ1n) is 5.12. The van der Waals surface area contributed by atoms with Gasteiger partial charge in [-0.3, -0.25) is 0 Å². The number of rotatable bonds is 6. The molecule has 13 heavy (non-hydrogen) atoms. The Kier molecular flexibility index (Phi) is 5.73. The zero-order chi connectivity index (χ0) is 10.3. The molecule has 2 heteroatoms. The highest BCUT2D eigenvalue weighted by Gasteiger charge is 2.19. The molecule has 0 aliphatic rings. The van der Waals surface area contributed by atoms with E-state index >= 15 is 0 Å². The van der Waals surface area contributed by atoms with E-state index in [-0.39, 0.29) is 0 Å². The van der Waals surface area contributed by atoms with Gasteiger partial charge in [0.05, 0.1) is 6.07 Å². The first-order valence-corrected chi connectivity index (χ1v) is 5.12. The lowest BCUT2D eigenvalue weighted by atomic mass is 9.99. The van der Waals surface area contributed by atoms with Crippen molar-refractivity contribution in [3.63, 3.8) is 0 Å². The molecule has 2 nitrogen and oxygen atoms in total. The van der Waals surface area contributed by atoms with Gasteiger partial charge in [-0.2, -0.15) is 5.26 Å². The molecule has 0 radical (unpaired) electrons. The zero-order valence-electron chi connectivity index (χ0n) is 9.43. The zero-order valence-corrected chi connectivity index (χ0v) is 9.43. The standard InChI is InChI=1S/C11H22N2/c1-5-11(2,3)13(4)10-8-6-7-9-12/h5-8,10H2,1-4H3.